The molecule has 102 valence electrons. The zero-order valence-electron chi connectivity index (χ0n) is 11.1. The first-order valence-electron chi connectivity index (χ1n) is 6.68. The van der Waals surface area contributed by atoms with Crippen molar-refractivity contribution < 1.29 is 14.6 Å². The zero-order valence-corrected chi connectivity index (χ0v) is 11.1. The van der Waals surface area contributed by atoms with Crippen LogP contribution in [0, 0.1) is 0 Å². The molecule has 0 aromatic heterocycles. The molecule has 1 unspecified atom stereocenters. The van der Waals surface area contributed by atoms with Gasteiger partial charge in [-0.1, -0.05) is 30.3 Å². The summed E-state index contributed by atoms with van der Waals surface area (Å²) in [5.41, 5.74) is 2.14. The smallest absolute Gasteiger partial charge is 0.271 e. The van der Waals surface area contributed by atoms with Gasteiger partial charge in [0, 0.05) is 6.07 Å². The minimum atomic E-state index is -0.604. The minimum absolute atomic E-state index is 0.242. The summed E-state index contributed by atoms with van der Waals surface area (Å²) in [5, 5.41) is 0. The van der Waals surface area contributed by atoms with E-state index in [-0.39, 0.29) is 11.9 Å². The first-order valence-corrected chi connectivity index (χ1v) is 6.68. The van der Waals surface area contributed by atoms with Crippen molar-refractivity contribution >= 4 is 35.2 Å². The number of carbonyl (C=O) groups is 2. The summed E-state index contributed by atoms with van der Waals surface area (Å²) in [6.45, 7) is 0. The quantitative estimate of drug-likeness (QED) is 0.785. The van der Waals surface area contributed by atoms with Crippen molar-refractivity contribution in [2.24, 2.45) is 0 Å². The summed E-state index contributed by atoms with van der Waals surface area (Å²) in [5.74, 6) is -0.242. The van der Waals surface area contributed by atoms with Gasteiger partial charge in [-0.25, -0.2) is 14.7 Å². The van der Waals surface area contributed by atoms with E-state index in [1.807, 2.05) is 42.5 Å². The van der Waals surface area contributed by atoms with Gasteiger partial charge in [0.1, 0.15) is 5.69 Å². The molecule has 21 heavy (non-hydrogen) atoms. The molecule has 0 spiro atoms. The number of nitrogens with one attached hydrogen (secondary N) is 1. The van der Waals surface area contributed by atoms with Crippen molar-refractivity contribution in [1.29, 1.82) is 0 Å². The summed E-state index contributed by atoms with van der Waals surface area (Å²) in [7, 11) is 0. The second kappa shape index (κ2) is 4.28. The number of carbonyl (C=O) groups excluding carboxylic acids is 2. The van der Waals surface area contributed by atoms with Crippen LogP contribution < -0.4 is 14.8 Å². The lowest BCUT2D eigenvalue weighted by Crippen LogP contribution is -2.69. The maximum atomic E-state index is 12.7. The summed E-state index contributed by atoms with van der Waals surface area (Å²) < 4.78 is 0. The number of para-hydroxylation sites is 3. The normalized spacial score (nSPS) is 19.7. The van der Waals surface area contributed by atoms with Crippen LogP contribution in [0.4, 0.5) is 21.9 Å². The summed E-state index contributed by atoms with van der Waals surface area (Å²) in [4.78, 5) is 31.1. The first kappa shape index (κ1) is 11.8. The number of amides is 3. The second-order valence-corrected chi connectivity index (χ2v) is 4.93. The number of nitrogens with zero attached hydrogens (tertiary/aromatic N) is 2. The Morgan fingerprint density at radius 2 is 1.62 bits per heavy atom. The second-order valence-electron chi connectivity index (χ2n) is 4.93. The van der Waals surface area contributed by atoms with Crippen molar-refractivity contribution in [3.8, 4) is 0 Å². The highest BCUT2D eigenvalue weighted by atomic mass is 16.2. The number of rotatable bonds is 1. The zero-order chi connectivity index (χ0) is 14.4. The van der Waals surface area contributed by atoms with Crippen LogP contribution in [0.25, 0.3) is 0 Å². The molecule has 1 atom stereocenters. The van der Waals surface area contributed by atoms with E-state index >= 15 is 0 Å². The standard InChI is InChI=1S/C16H11N3O2/c20-15-14-10-17-12-8-4-5-9-13(12)19(14)16(21)18(15)11-6-2-1-3-7-11/h1-10,14H/p+1. The summed E-state index contributed by atoms with van der Waals surface area (Å²) in [6.07, 6.45) is 1.66. The molecule has 2 aromatic rings. The number of imide groups is 1. The largest absolute Gasteiger partial charge is 0.337 e. The predicted octanol–water partition coefficient (Wildman–Crippen LogP) is 0.825. The number of anilines is 2. The molecule has 3 amide bonds. The van der Waals surface area contributed by atoms with Gasteiger partial charge in [0.25, 0.3) is 5.91 Å². The van der Waals surface area contributed by atoms with Crippen LogP contribution in [0.15, 0.2) is 54.6 Å². The Morgan fingerprint density at radius 3 is 2.43 bits per heavy atom. The number of benzene rings is 2. The number of urea groups is 1. The lowest BCUT2D eigenvalue weighted by atomic mass is 10.1. The molecule has 0 saturated carbocycles. The lowest BCUT2D eigenvalue weighted by Gasteiger charge is -2.20. The van der Waals surface area contributed by atoms with Crippen LogP contribution in [-0.4, -0.2) is 24.2 Å². The van der Waals surface area contributed by atoms with Gasteiger partial charge in [-0.3, -0.25) is 9.69 Å². The molecule has 2 aliphatic heterocycles. The Bertz CT molecular complexity index is 770. The van der Waals surface area contributed by atoms with Crippen LogP contribution in [0.5, 0.6) is 0 Å². The van der Waals surface area contributed by atoms with E-state index < -0.39 is 6.04 Å². The van der Waals surface area contributed by atoms with E-state index in [0.29, 0.717) is 5.69 Å². The van der Waals surface area contributed by atoms with Crippen LogP contribution in [0.1, 0.15) is 0 Å². The minimum Gasteiger partial charge on any atom is -0.271 e. The van der Waals surface area contributed by atoms with Gasteiger partial charge in [0.05, 0.1) is 5.69 Å². The molecule has 0 radical (unpaired) electrons. The predicted molar refractivity (Wildman–Crippen MR) is 78.7 cm³/mol. The molecule has 2 heterocycles. The van der Waals surface area contributed by atoms with E-state index in [4.69, 9.17) is 0 Å². The Kier molecular flexibility index (Phi) is 2.41. The Hall–Kier alpha value is -2.95. The monoisotopic (exact) mass is 278 g/mol. The van der Waals surface area contributed by atoms with Gasteiger partial charge in [0.2, 0.25) is 5.69 Å². The van der Waals surface area contributed by atoms with Crippen molar-refractivity contribution in [1.82, 2.24) is 0 Å². The van der Waals surface area contributed by atoms with Crippen molar-refractivity contribution in [2.75, 3.05) is 9.80 Å². The number of hydrogen-bond acceptors (Lipinski definition) is 2. The Labute approximate surface area is 121 Å². The SMILES string of the molecule is O=C1C2C=[NH+]c3ccccc3N2C(=O)N1c1ccccc1. The molecule has 4 rings (SSSR count). The highest BCUT2D eigenvalue weighted by molar-refractivity contribution is 6.33. The van der Waals surface area contributed by atoms with Gasteiger partial charge in [-0.05, 0) is 18.2 Å². The molecule has 1 fully saturated rings. The van der Waals surface area contributed by atoms with Gasteiger partial charge in [0.15, 0.2) is 12.3 Å². The molecule has 1 N–H and O–H groups in total. The molecular weight excluding hydrogens is 266 g/mol. The number of hydrogen-bond donors (Lipinski definition) is 1. The molecular formula is C16H12N3O2+. The van der Waals surface area contributed by atoms with Crippen molar-refractivity contribution in [3.05, 3.63) is 54.6 Å². The molecule has 5 nitrogen and oxygen atoms in total. The molecule has 1 saturated heterocycles. The number of fused-ring (bicyclic) bond motifs is 3. The van der Waals surface area contributed by atoms with Gasteiger partial charge >= 0.3 is 6.03 Å². The van der Waals surface area contributed by atoms with Crippen LogP contribution in [0.2, 0.25) is 0 Å². The van der Waals surface area contributed by atoms with E-state index in [1.165, 1.54) is 9.80 Å². The van der Waals surface area contributed by atoms with Gasteiger partial charge < -0.3 is 0 Å². The van der Waals surface area contributed by atoms with E-state index in [2.05, 4.69) is 4.99 Å². The lowest BCUT2D eigenvalue weighted by molar-refractivity contribution is -0.350. The average Bonchev–Trinajstić information content (AvgIpc) is 2.80. The maximum Gasteiger partial charge on any atom is 0.337 e. The first-order chi connectivity index (χ1) is 10.3. The third-order valence-electron chi connectivity index (χ3n) is 3.72. The summed E-state index contributed by atoms with van der Waals surface area (Å²) >= 11 is 0. The molecule has 2 aliphatic rings. The van der Waals surface area contributed by atoms with E-state index in [1.54, 1.807) is 18.3 Å². The van der Waals surface area contributed by atoms with Crippen LogP contribution in [-0.2, 0) is 4.79 Å². The third kappa shape index (κ3) is 1.61. The fourth-order valence-corrected chi connectivity index (χ4v) is 2.75. The fourth-order valence-electron chi connectivity index (χ4n) is 2.75. The Balaban J connectivity index is 1.83. The Morgan fingerprint density at radius 1 is 0.905 bits per heavy atom. The molecule has 2 aromatic carbocycles. The van der Waals surface area contributed by atoms with Crippen molar-refractivity contribution in [2.45, 2.75) is 6.04 Å². The molecule has 5 heteroatoms. The molecule has 0 bridgehead atoms. The molecule has 0 aliphatic carbocycles. The maximum absolute atomic E-state index is 12.7. The fraction of sp³-hybridized carbons (Fsp3) is 0.0625. The van der Waals surface area contributed by atoms with E-state index in [0.717, 1.165) is 11.4 Å². The highest BCUT2D eigenvalue weighted by Crippen LogP contribution is 2.32. The average molecular weight is 278 g/mol. The third-order valence-corrected chi connectivity index (χ3v) is 3.72. The van der Waals surface area contributed by atoms with Crippen molar-refractivity contribution in [3.63, 3.8) is 0 Å². The topological polar surface area (TPSA) is 54.6 Å². The highest BCUT2D eigenvalue weighted by Gasteiger charge is 2.50. The summed E-state index contributed by atoms with van der Waals surface area (Å²) in [6, 6.07) is 15.5. The van der Waals surface area contributed by atoms with Gasteiger partial charge in [-0.15, -0.1) is 0 Å². The van der Waals surface area contributed by atoms with E-state index in [9.17, 15) is 9.59 Å². The van der Waals surface area contributed by atoms with Crippen LogP contribution >= 0.6 is 0 Å². The van der Waals surface area contributed by atoms with Gasteiger partial charge in [-0.2, -0.15) is 0 Å². The van der Waals surface area contributed by atoms with Crippen LogP contribution in [0.3, 0.4) is 0 Å².